The van der Waals surface area contributed by atoms with E-state index < -0.39 is 23.5 Å². The quantitative estimate of drug-likeness (QED) is 0.696. The Bertz CT molecular complexity index is 872. The van der Waals surface area contributed by atoms with Gasteiger partial charge in [0.15, 0.2) is 0 Å². The molecule has 3 saturated heterocycles. The zero-order valence-electron chi connectivity index (χ0n) is 16.0. The van der Waals surface area contributed by atoms with Gasteiger partial charge < -0.3 is 24.6 Å². The minimum Gasteiger partial charge on any atom is -0.492 e. The van der Waals surface area contributed by atoms with E-state index in [0.29, 0.717) is 32.8 Å². The molecule has 8 nitrogen and oxygen atoms in total. The number of hydrogen-bond donors (Lipinski definition) is 1. The molecule has 2 bridgehead atoms. The molecule has 0 aliphatic carbocycles. The van der Waals surface area contributed by atoms with Gasteiger partial charge in [-0.3, -0.25) is 14.4 Å². The minimum atomic E-state index is -0.743. The second-order valence-electron chi connectivity index (χ2n) is 7.93. The Morgan fingerprint density at radius 2 is 2.10 bits per heavy atom. The fourth-order valence-corrected chi connectivity index (χ4v) is 4.88. The van der Waals surface area contributed by atoms with E-state index >= 15 is 0 Å². The number of amides is 3. The van der Waals surface area contributed by atoms with Crippen molar-refractivity contribution in [1.82, 2.24) is 15.1 Å². The van der Waals surface area contributed by atoms with E-state index in [1.165, 1.54) is 0 Å². The van der Waals surface area contributed by atoms with Crippen LogP contribution in [0.5, 0.6) is 5.75 Å². The molecule has 0 radical (unpaired) electrons. The SMILES string of the molecule is O=C1CN(C(=O)C2C3C(=O)N(CCOc4ccccc4)C[C@@]34C=C[C@@H]2O4)CCN1. The number of para-hydroxylation sites is 1. The first-order valence-corrected chi connectivity index (χ1v) is 9.97. The first-order valence-electron chi connectivity index (χ1n) is 9.97. The van der Waals surface area contributed by atoms with E-state index in [4.69, 9.17) is 9.47 Å². The molecule has 8 heteroatoms. The molecule has 3 amide bonds. The number of carbonyl (C=O) groups is 3. The van der Waals surface area contributed by atoms with E-state index in [1.807, 2.05) is 42.5 Å². The molecule has 0 aromatic heterocycles. The Balaban J connectivity index is 1.28. The van der Waals surface area contributed by atoms with Crippen LogP contribution in [-0.4, -0.2) is 78.6 Å². The highest BCUT2D eigenvalue weighted by atomic mass is 16.5. The molecule has 0 saturated carbocycles. The molecule has 152 valence electrons. The lowest BCUT2D eigenvalue weighted by Gasteiger charge is -2.32. The van der Waals surface area contributed by atoms with Crippen molar-refractivity contribution >= 4 is 17.7 Å². The van der Waals surface area contributed by atoms with Gasteiger partial charge in [0.25, 0.3) is 0 Å². The number of nitrogens with one attached hydrogen (secondary N) is 1. The number of piperazine rings is 1. The minimum absolute atomic E-state index is 0.0360. The van der Waals surface area contributed by atoms with Crippen molar-refractivity contribution in [3.63, 3.8) is 0 Å². The van der Waals surface area contributed by atoms with Gasteiger partial charge in [-0.1, -0.05) is 30.4 Å². The van der Waals surface area contributed by atoms with Gasteiger partial charge in [0.2, 0.25) is 17.7 Å². The number of likely N-dealkylation sites (tertiary alicyclic amines) is 1. The maximum Gasteiger partial charge on any atom is 0.239 e. The van der Waals surface area contributed by atoms with Crippen molar-refractivity contribution in [3.8, 4) is 5.75 Å². The number of carbonyl (C=O) groups excluding carboxylic acids is 3. The summed E-state index contributed by atoms with van der Waals surface area (Å²) in [4.78, 5) is 41.3. The maximum absolute atomic E-state index is 13.2. The van der Waals surface area contributed by atoms with Crippen molar-refractivity contribution in [2.45, 2.75) is 11.7 Å². The molecule has 4 aliphatic rings. The Hall–Kier alpha value is -2.87. The molecule has 4 atom stereocenters. The fraction of sp³-hybridized carbons (Fsp3) is 0.476. The molecule has 1 spiro atoms. The van der Waals surface area contributed by atoms with Crippen molar-refractivity contribution in [2.75, 3.05) is 39.3 Å². The summed E-state index contributed by atoms with van der Waals surface area (Å²) < 4.78 is 11.9. The van der Waals surface area contributed by atoms with Gasteiger partial charge >= 0.3 is 0 Å². The Labute approximate surface area is 168 Å². The summed E-state index contributed by atoms with van der Waals surface area (Å²) in [6.45, 7) is 2.16. The third-order valence-corrected chi connectivity index (χ3v) is 6.19. The van der Waals surface area contributed by atoms with Crippen LogP contribution in [-0.2, 0) is 19.1 Å². The lowest BCUT2D eigenvalue weighted by Crippen LogP contribution is -2.54. The second-order valence-corrected chi connectivity index (χ2v) is 7.93. The van der Waals surface area contributed by atoms with Gasteiger partial charge in [0.1, 0.15) is 18.0 Å². The van der Waals surface area contributed by atoms with Gasteiger partial charge in [-0.25, -0.2) is 0 Å². The molecule has 3 fully saturated rings. The smallest absolute Gasteiger partial charge is 0.239 e. The standard InChI is InChI=1S/C21H23N3O5/c25-16-12-23(9-8-22-16)19(26)17-15-6-7-21(29-15)13-24(20(27)18(17)21)10-11-28-14-4-2-1-3-5-14/h1-7,15,17-18H,8-13H2,(H,22,25)/t15-,17?,18?,21-/m0/s1. The predicted molar refractivity (Wildman–Crippen MR) is 102 cm³/mol. The van der Waals surface area contributed by atoms with Crippen LogP contribution in [0.4, 0.5) is 0 Å². The van der Waals surface area contributed by atoms with E-state index in [-0.39, 0.29) is 24.3 Å². The van der Waals surface area contributed by atoms with Crippen LogP contribution in [0.2, 0.25) is 0 Å². The normalized spacial score (nSPS) is 32.5. The van der Waals surface area contributed by atoms with Crippen molar-refractivity contribution < 1.29 is 23.9 Å². The highest BCUT2D eigenvalue weighted by Crippen LogP contribution is 2.52. The van der Waals surface area contributed by atoms with Gasteiger partial charge in [0.05, 0.1) is 37.6 Å². The number of benzene rings is 1. The molecule has 1 N–H and O–H groups in total. The van der Waals surface area contributed by atoms with Crippen LogP contribution in [0.25, 0.3) is 0 Å². The Morgan fingerprint density at radius 1 is 1.28 bits per heavy atom. The summed E-state index contributed by atoms with van der Waals surface area (Å²) in [6, 6.07) is 9.45. The molecule has 1 aromatic carbocycles. The van der Waals surface area contributed by atoms with E-state index in [9.17, 15) is 14.4 Å². The summed E-state index contributed by atoms with van der Waals surface area (Å²) in [6.07, 6.45) is 3.43. The number of rotatable bonds is 5. The van der Waals surface area contributed by atoms with Crippen LogP contribution in [0.1, 0.15) is 0 Å². The summed E-state index contributed by atoms with van der Waals surface area (Å²) in [7, 11) is 0. The van der Waals surface area contributed by atoms with Gasteiger partial charge in [-0.05, 0) is 12.1 Å². The molecule has 5 rings (SSSR count). The molecular weight excluding hydrogens is 374 g/mol. The van der Waals surface area contributed by atoms with Crippen molar-refractivity contribution in [3.05, 3.63) is 42.5 Å². The number of hydrogen-bond acceptors (Lipinski definition) is 5. The van der Waals surface area contributed by atoms with Gasteiger partial charge in [-0.15, -0.1) is 0 Å². The first kappa shape index (κ1) is 18.2. The Morgan fingerprint density at radius 3 is 2.90 bits per heavy atom. The first-order chi connectivity index (χ1) is 14.1. The molecule has 4 aliphatic heterocycles. The van der Waals surface area contributed by atoms with E-state index in [0.717, 1.165) is 5.75 Å². The zero-order valence-corrected chi connectivity index (χ0v) is 16.0. The lowest BCUT2D eigenvalue weighted by molar-refractivity contribution is -0.146. The molecule has 4 heterocycles. The van der Waals surface area contributed by atoms with Gasteiger partial charge in [-0.2, -0.15) is 0 Å². The highest BCUT2D eigenvalue weighted by Gasteiger charge is 2.67. The molecule has 1 aromatic rings. The topological polar surface area (TPSA) is 88.2 Å². The van der Waals surface area contributed by atoms with Crippen LogP contribution >= 0.6 is 0 Å². The van der Waals surface area contributed by atoms with Crippen LogP contribution in [0.3, 0.4) is 0 Å². The highest BCUT2D eigenvalue weighted by molar-refractivity contribution is 5.94. The summed E-state index contributed by atoms with van der Waals surface area (Å²) in [5.74, 6) is -0.766. The largest absolute Gasteiger partial charge is 0.492 e. The average molecular weight is 397 g/mol. The van der Waals surface area contributed by atoms with Crippen LogP contribution < -0.4 is 10.1 Å². The van der Waals surface area contributed by atoms with Crippen molar-refractivity contribution in [1.29, 1.82) is 0 Å². The second kappa shape index (κ2) is 6.88. The predicted octanol–water partition coefficient (Wildman–Crippen LogP) is -0.194. The van der Waals surface area contributed by atoms with E-state index in [1.54, 1.807) is 9.80 Å². The summed E-state index contributed by atoms with van der Waals surface area (Å²) in [5.41, 5.74) is -0.743. The lowest BCUT2D eigenvalue weighted by atomic mass is 9.76. The molecule has 29 heavy (non-hydrogen) atoms. The molecular formula is C21H23N3O5. The maximum atomic E-state index is 13.2. The third-order valence-electron chi connectivity index (χ3n) is 6.19. The number of fused-ring (bicyclic) bond motifs is 1. The summed E-state index contributed by atoms with van der Waals surface area (Å²) >= 11 is 0. The summed E-state index contributed by atoms with van der Waals surface area (Å²) in [5, 5.41) is 2.72. The van der Waals surface area contributed by atoms with Gasteiger partial charge in [0, 0.05) is 13.1 Å². The van der Waals surface area contributed by atoms with Crippen molar-refractivity contribution in [2.24, 2.45) is 11.8 Å². The number of ether oxygens (including phenoxy) is 2. The molecule has 2 unspecified atom stereocenters. The Kier molecular flexibility index (Phi) is 4.31. The van der Waals surface area contributed by atoms with Crippen LogP contribution in [0.15, 0.2) is 42.5 Å². The average Bonchev–Trinajstić information content (AvgIpc) is 3.37. The van der Waals surface area contributed by atoms with E-state index in [2.05, 4.69) is 5.32 Å². The monoisotopic (exact) mass is 397 g/mol. The fourth-order valence-electron chi connectivity index (χ4n) is 4.88. The number of nitrogens with zero attached hydrogens (tertiary/aromatic N) is 2. The third kappa shape index (κ3) is 2.98. The zero-order chi connectivity index (χ0) is 20.0. The van der Waals surface area contributed by atoms with Crippen LogP contribution in [0, 0.1) is 11.8 Å².